The molecule has 0 fully saturated rings. The van der Waals surface area contributed by atoms with E-state index in [0.717, 1.165) is 6.08 Å². The Labute approximate surface area is 95.8 Å². The molecule has 0 aromatic rings. The molecule has 7 heteroatoms. The average molecular weight is 251 g/mol. The summed E-state index contributed by atoms with van der Waals surface area (Å²) in [6.45, 7) is 2.50. The molecule has 4 nitrogen and oxygen atoms in total. The number of rotatable bonds is 2. The number of ketones is 1. The average Bonchev–Trinajstić information content (AvgIpc) is 2.14. The largest absolute Gasteiger partial charge is 0.464 e. The Morgan fingerprint density at radius 3 is 2.59 bits per heavy atom. The van der Waals surface area contributed by atoms with Crippen molar-refractivity contribution in [3.05, 3.63) is 11.8 Å². The molecule has 96 valence electrons. The van der Waals surface area contributed by atoms with Gasteiger partial charge in [-0.15, -0.1) is 0 Å². The molecule has 1 N–H and O–H groups in total. The van der Waals surface area contributed by atoms with Crippen LogP contribution in [0.5, 0.6) is 0 Å². The zero-order valence-corrected chi connectivity index (χ0v) is 9.35. The summed E-state index contributed by atoms with van der Waals surface area (Å²) in [5.41, 5.74) is -2.97. The first-order valence-electron chi connectivity index (χ1n) is 4.96. The lowest BCUT2D eigenvalue weighted by atomic mass is 9.88. The quantitative estimate of drug-likeness (QED) is 0.752. The van der Waals surface area contributed by atoms with Crippen LogP contribution in [-0.2, 0) is 14.3 Å². The molecular weight excluding hydrogens is 239 g/mol. The second-order valence-electron chi connectivity index (χ2n) is 3.72. The van der Waals surface area contributed by atoms with Crippen LogP contribution in [0.25, 0.3) is 0 Å². The second-order valence-corrected chi connectivity index (χ2v) is 3.72. The molecule has 1 aliphatic heterocycles. The molecule has 0 amide bonds. The molecule has 0 saturated carbocycles. The van der Waals surface area contributed by atoms with Crippen molar-refractivity contribution in [2.24, 2.45) is 0 Å². The predicted molar refractivity (Wildman–Crippen MR) is 51.9 cm³/mol. The van der Waals surface area contributed by atoms with E-state index < -0.39 is 29.9 Å². The number of halogens is 3. The number of carbonyl (C=O) groups is 2. The van der Waals surface area contributed by atoms with Crippen LogP contribution < -0.4 is 5.32 Å². The van der Waals surface area contributed by atoms with Crippen LogP contribution in [0, 0.1) is 0 Å². The van der Waals surface area contributed by atoms with Gasteiger partial charge in [0.05, 0.1) is 13.0 Å². The first kappa shape index (κ1) is 13.5. The van der Waals surface area contributed by atoms with Gasteiger partial charge in [0, 0.05) is 5.70 Å². The van der Waals surface area contributed by atoms with Gasteiger partial charge in [-0.1, -0.05) is 0 Å². The van der Waals surface area contributed by atoms with Crippen molar-refractivity contribution in [1.29, 1.82) is 0 Å². The Kier molecular flexibility index (Phi) is 3.49. The lowest BCUT2D eigenvalue weighted by Gasteiger charge is -2.36. The lowest BCUT2D eigenvalue weighted by Crippen LogP contribution is -2.64. The number of ether oxygens (including phenoxy) is 1. The van der Waals surface area contributed by atoms with E-state index in [1.165, 1.54) is 13.8 Å². The van der Waals surface area contributed by atoms with Gasteiger partial charge in [-0.25, -0.2) is 4.79 Å². The third kappa shape index (κ3) is 2.42. The fraction of sp³-hybridized carbons (Fsp3) is 0.600. The van der Waals surface area contributed by atoms with Crippen molar-refractivity contribution < 1.29 is 27.5 Å². The molecule has 0 spiro atoms. The molecule has 1 aliphatic rings. The zero-order chi connectivity index (χ0) is 13.3. The van der Waals surface area contributed by atoms with Crippen LogP contribution >= 0.6 is 0 Å². The molecule has 0 radical (unpaired) electrons. The highest BCUT2D eigenvalue weighted by atomic mass is 19.4. The van der Waals surface area contributed by atoms with Gasteiger partial charge < -0.3 is 10.1 Å². The summed E-state index contributed by atoms with van der Waals surface area (Å²) in [5, 5.41) is 2.03. The van der Waals surface area contributed by atoms with E-state index in [2.05, 4.69) is 4.74 Å². The summed E-state index contributed by atoms with van der Waals surface area (Å²) >= 11 is 0. The Balaban J connectivity index is 3.18. The SMILES string of the molecule is CCOC(=O)C1(C(F)(F)F)CC(=O)C=C(C)N1. The summed E-state index contributed by atoms with van der Waals surface area (Å²) in [6, 6.07) is 0. The van der Waals surface area contributed by atoms with Crippen LogP contribution in [0.15, 0.2) is 11.8 Å². The Morgan fingerprint density at radius 2 is 2.18 bits per heavy atom. The Morgan fingerprint density at radius 1 is 1.59 bits per heavy atom. The second kappa shape index (κ2) is 4.38. The highest BCUT2D eigenvalue weighted by Crippen LogP contribution is 2.37. The zero-order valence-electron chi connectivity index (χ0n) is 9.35. The fourth-order valence-corrected chi connectivity index (χ4v) is 1.64. The molecule has 17 heavy (non-hydrogen) atoms. The minimum atomic E-state index is -4.90. The van der Waals surface area contributed by atoms with E-state index >= 15 is 0 Å². The predicted octanol–water partition coefficient (Wildman–Crippen LogP) is 1.32. The summed E-state index contributed by atoms with van der Waals surface area (Å²) in [5.74, 6) is -2.24. The van der Waals surface area contributed by atoms with Gasteiger partial charge in [-0.3, -0.25) is 4.79 Å². The smallest absolute Gasteiger partial charge is 0.422 e. The topological polar surface area (TPSA) is 55.4 Å². The normalized spacial score (nSPS) is 25.0. The molecule has 1 atom stereocenters. The highest BCUT2D eigenvalue weighted by molar-refractivity contribution is 5.98. The van der Waals surface area contributed by atoms with E-state index in [1.54, 1.807) is 0 Å². The summed E-state index contributed by atoms with van der Waals surface area (Å²) in [6.07, 6.45) is -4.85. The first-order chi connectivity index (χ1) is 7.73. The van der Waals surface area contributed by atoms with E-state index in [1.807, 2.05) is 5.32 Å². The van der Waals surface area contributed by atoms with Crippen molar-refractivity contribution in [3.63, 3.8) is 0 Å². The molecule has 1 unspecified atom stereocenters. The first-order valence-corrected chi connectivity index (χ1v) is 4.96. The van der Waals surface area contributed by atoms with Gasteiger partial charge in [-0.2, -0.15) is 13.2 Å². The molecule has 0 saturated heterocycles. The number of hydrogen-bond donors (Lipinski definition) is 1. The molecule has 0 bridgehead atoms. The molecule has 1 rings (SSSR count). The third-order valence-corrected chi connectivity index (χ3v) is 2.34. The van der Waals surface area contributed by atoms with Crippen molar-refractivity contribution >= 4 is 11.8 Å². The fourth-order valence-electron chi connectivity index (χ4n) is 1.64. The van der Waals surface area contributed by atoms with Crippen LogP contribution in [0.4, 0.5) is 13.2 Å². The maximum atomic E-state index is 13.0. The van der Waals surface area contributed by atoms with E-state index in [9.17, 15) is 22.8 Å². The summed E-state index contributed by atoms with van der Waals surface area (Å²) < 4.78 is 43.3. The number of alkyl halides is 3. The van der Waals surface area contributed by atoms with E-state index in [0.29, 0.717) is 0 Å². The van der Waals surface area contributed by atoms with Gasteiger partial charge in [0.15, 0.2) is 5.78 Å². The maximum Gasteiger partial charge on any atom is 0.422 e. The molecule has 1 heterocycles. The van der Waals surface area contributed by atoms with Crippen LogP contribution in [0.2, 0.25) is 0 Å². The van der Waals surface area contributed by atoms with Gasteiger partial charge >= 0.3 is 12.1 Å². The summed E-state index contributed by atoms with van der Waals surface area (Å²) in [7, 11) is 0. The Hall–Kier alpha value is -1.53. The molecular formula is C10H12F3NO3. The minimum Gasteiger partial charge on any atom is -0.464 e. The molecule has 0 aromatic heterocycles. The number of carbonyl (C=O) groups excluding carboxylic acids is 2. The number of allylic oxidation sites excluding steroid dienone is 2. The van der Waals surface area contributed by atoms with Crippen LogP contribution in [0.1, 0.15) is 20.3 Å². The van der Waals surface area contributed by atoms with Crippen molar-refractivity contribution in [3.8, 4) is 0 Å². The maximum absolute atomic E-state index is 13.0. The van der Waals surface area contributed by atoms with Gasteiger partial charge in [-0.05, 0) is 19.9 Å². The Bertz CT molecular complexity index is 375. The minimum absolute atomic E-state index is 0.00775. The highest BCUT2D eigenvalue weighted by Gasteiger charge is 2.63. The van der Waals surface area contributed by atoms with Gasteiger partial charge in [0.1, 0.15) is 0 Å². The summed E-state index contributed by atoms with van der Waals surface area (Å²) in [4.78, 5) is 22.7. The number of esters is 1. The van der Waals surface area contributed by atoms with Crippen molar-refractivity contribution in [2.45, 2.75) is 32.0 Å². The van der Waals surface area contributed by atoms with Gasteiger partial charge in [0.2, 0.25) is 5.54 Å². The van der Waals surface area contributed by atoms with E-state index in [4.69, 9.17) is 0 Å². The lowest BCUT2D eigenvalue weighted by molar-refractivity contribution is -0.214. The monoisotopic (exact) mass is 251 g/mol. The van der Waals surface area contributed by atoms with Crippen molar-refractivity contribution in [1.82, 2.24) is 5.32 Å². The third-order valence-electron chi connectivity index (χ3n) is 2.34. The molecule has 0 aliphatic carbocycles. The number of nitrogens with one attached hydrogen (secondary N) is 1. The van der Waals surface area contributed by atoms with Gasteiger partial charge in [0.25, 0.3) is 0 Å². The number of hydrogen-bond acceptors (Lipinski definition) is 4. The van der Waals surface area contributed by atoms with Crippen LogP contribution in [0.3, 0.4) is 0 Å². The molecule has 0 aromatic carbocycles. The van der Waals surface area contributed by atoms with Crippen molar-refractivity contribution in [2.75, 3.05) is 6.61 Å². The standard InChI is InChI=1S/C10H12F3NO3/c1-3-17-8(16)9(10(11,12)13)5-7(15)4-6(2)14-9/h4,14H,3,5H2,1-2H3. The van der Waals surface area contributed by atoms with E-state index in [-0.39, 0.29) is 12.3 Å². The van der Waals surface area contributed by atoms with Crippen LogP contribution in [-0.4, -0.2) is 30.1 Å².